The summed E-state index contributed by atoms with van der Waals surface area (Å²) in [5, 5.41) is 22.6. The van der Waals surface area contributed by atoms with Crippen molar-refractivity contribution in [3.05, 3.63) is 68.0 Å². The van der Waals surface area contributed by atoms with Gasteiger partial charge >= 0.3 is 0 Å². The molecule has 3 aromatic rings. The number of thiazole rings is 1. The molecule has 0 unspecified atom stereocenters. The molecule has 0 aliphatic carbocycles. The number of halogens is 1. The molecule has 0 aliphatic heterocycles. The number of aromatic nitrogens is 1. The minimum absolute atomic E-state index is 0.171. The van der Waals surface area contributed by atoms with E-state index in [1.165, 1.54) is 23.1 Å². The minimum Gasteiger partial charge on any atom is -0.308 e. The van der Waals surface area contributed by atoms with Gasteiger partial charge in [0.25, 0.3) is 17.3 Å². The third-order valence-corrected chi connectivity index (χ3v) is 5.20. The van der Waals surface area contributed by atoms with Crippen molar-refractivity contribution in [1.82, 2.24) is 9.88 Å². The highest BCUT2D eigenvalue weighted by molar-refractivity contribution is 7.22. The summed E-state index contributed by atoms with van der Waals surface area (Å²) in [5.74, 6) is -1.12. The number of fused-ring (bicyclic) bond motifs is 1. The van der Waals surface area contributed by atoms with Crippen LogP contribution in [0.4, 0.5) is 20.9 Å². The first-order chi connectivity index (χ1) is 14.2. The quantitative estimate of drug-likeness (QED) is 0.413. The van der Waals surface area contributed by atoms with E-state index in [1.807, 2.05) is 4.90 Å². The number of hydrogen-bond donors (Lipinski definition) is 0. The van der Waals surface area contributed by atoms with Crippen LogP contribution < -0.4 is 4.90 Å². The molecular weight excluding hydrogens is 417 g/mol. The zero-order valence-electron chi connectivity index (χ0n) is 15.9. The fourth-order valence-electron chi connectivity index (χ4n) is 2.67. The summed E-state index contributed by atoms with van der Waals surface area (Å²) in [7, 11) is 3.60. The molecular formula is C18H16FN5O5S. The van der Waals surface area contributed by atoms with Gasteiger partial charge in [-0.25, -0.2) is 9.37 Å². The molecule has 0 saturated heterocycles. The number of benzene rings is 2. The Morgan fingerprint density at radius 3 is 2.27 bits per heavy atom. The molecule has 0 spiro atoms. The third kappa shape index (κ3) is 4.55. The van der Waals surface area contributed by atoms with Crippen LogP contribution in [-0.4, -0.2) is 52.8 Å². The van der Waals surface area contributed by atoms with Gasteiger partial charge in [0, 0.05) is 25.2 Å². The lowest BCUT2D eigenvalue weighted by atomic mass is 10.1. The van der Waals surface area contributed by atoms with Crippen molar-refractivity contribution in [2.24, 2.45) is 0 Å². The summed E-state index contributed by atoms with van der Waals surface area (Å²) in [4.78, 5) is 41.4. The maximum atomic E-state index is 13.5. The molecule has 30 heavy (non-hydrogen) atoms. The van der Waals surface area contributed by atoms with E-state index in [0.29, 0.717) is 16.8 Å². The van der Waals surface area contributed by atoms with E-state index in [1.54, 1.807) is 14.1 Å². The van der Waals surface area contributed by atoms with Gasteiger partial charge in [-0.1, -0.05) is 11.3 Å². The van der Waals surface area contributed by atoms with Crippen molar-refractivity contribution in [3.8, 4) is 0 Å². The van der Waals surface area contributed by atoms with Crippen LogP contribution in [0.15, 0.2) is 36.4 Å². The molecule has 1 aromatic heterocycles. The van der Waals surface area contributed by atoms with Crippen LogP contribution in [-0.2, 0) is 0 Å². The Kier molecular flexibility index (Phi) is 5.99. The van der Waals surface area contributed by atoms with Gasteiger partial charge < -0.3 is 4.90 Å². The number of carbonyl (C=O) groups is 1. The Hall–Kier alpha value is -3.51. The maximum absolute atomic E-state index is 13.5. The Balaban J connectivity index is 2.08. The van der Waals surface area contributed by atoms with Crippen molar-refractivity contribution >= 4 is 44.0 Å². The number of likely N-dealkylation sites (N-methyl/N-ethyl adjacent to an activating group) is 1. The SMILES string of the molecule is CN(C)CCN(C(=O)c1cc([N+](=O)[O-])cc([N+](=O)[O-])c1)c1nc2ccc(F)cc2s1. The van der Waals surface area contributed by atoms with Crippen molar-refractivity contribution in [2.75, 3.05) is 32.1 Å². The topological polar surface area (TPSA) is 123 Å². The lowest BCUT2D eigenvalue weighted by Gasteiger charge is -2.22. The highest BCUT2D eigenvalue weighted by Gasteiger charge is 2.26. The van der Waals surface area contributed by atoms with Crippen LogP contribution in [0.25, 0.3) is 10.2 Å². The first-order valence-corrected chi connectivity index (χ1v) is 9.44. The highest BCUT2D eigenvalue weighted by atomic mass is 32.1. The zero-order valence-corrected chi connectivity index (χ0v) is 16.8. The Labute approximate surface area is 173 Å². The third-order valence-electron chi connectivity index (χ3n) is 4.16. The van der Waals surface area contributed by atoms with Gasteiger partial charge in [-0.15, -0.1) is 0 Å². The molecule has 10 nitrogen and oxygen atoms in total. The summed E-state index contributed by atoms with van der Waals surface area (Å²) >= 11 is 1.08. The number of nitro groups is 2. The molecule has 3 rings (SSSR count). The van der Waals surface area contributed by atoms with Crippen molar-refractivity contribution in [2.45, 2.75) is 0 Å². The Bertz CT molecular complexity index is 1120. The smallest absolute Gasteiger partial charge is 0.277 e. The number of nitrogens with zero attached hydrogens (tertiary/aromatic N) is 5. The second kappa shape index (κ2) is 8.47. The molecule has 0 aliphatic rings. The lowest BCUT2D eigenvalue weighted by Crippen LogP contribution is -2.36. The second-order valence-electron chi connectivity index (χ2n) is 6.62. The number of hydrogen-bond acceptors (Lipinski definition) is 8. The van der Waals surface area contributed by atoms with E-state index in [-0.39, 0.29) is 17.2 Å². The zero-order chi connectivity index (χ0) is 22.0. The van der Waals surface area contributed by atoms with Gasteiger partial charge in [0.05, 0.1) is 31.7 Å². The van der Waals surface area contributed by atoms with Crippen molar-refractivity contribution in [1.29, 1.82) is 0 Å². The van der Waals surface area contributed by atoms with Crippen LogP contribution in [0.2, 0.25) is 0 Å². The van der Waals surface area contributed by atoms with Crippen LogP contribution >= 0.6 is 11.3 Å². The summed E-state index contributed by atoms with van der Waals surface area (Å²) in [6, 6.07) is 6.81. The molecule has 12 heteroatoms. The number of anilines is 1. The number of carbonyl (C=O) groups excluding carboxylic acids is 1. The maximum Gasteiger partial charge on any atom is 0.277 e. The van der Waals surface area contributed by atoms with Gasteiger partial charge in [-0.05, 0) is 32.3 Å². The average molecular weight is 433 g/mol. The lowest BCUT2D eigenvalue weighted by molar-refractivity contribution is -0.394. The number of nitro benzene ring substituents is 2. The summed E-state index contributed by atoms with van der Waals surface area (Å²) in [6.07, 6.45) is 0. The largest absolute Gasteiger partial charge is 0.308 e. The molecule has 0 atom stereocenters. The van der Waals surface area contributed by atoms with Crippen molar-refractivity contribution < 1.29 is 19.0 Å². The molecule has 0 saturated carbocycles. The minimum atomic E-state index is -0.797. The molecule has 156 valence electrons. The normalized spacial score (nSPS) is 11.1. The highest BCUT2D eigenvalue weighted by Crippen LogP contribution is 2.31. The van der Waals surface area contributed by atoms with E-state index in [2.05, 4.69) is 4.98 Å². The second-order valence-corrected chi connectivity index (χ2v) is 7.63. The van der Waals surface area contributed by atoms with Gasteiger partial charge in [-0.3, -0.25) is 29.9 Å². The molecule has 0 radical (unpaired) electrons. The molecule has 1 amide bonds. The first-order valence-electron chi connectivity index (χ1n) is 8.62. The number of non-ortho nitro benzene ring substituents is 2. The molecule has 0 fully saturated rings. The summed E-state index contributed by atoms with van der Waals surface area (Å²) in [5.41, 5.74) is -0.845. The van der Waals surface area contributed by atoms with Gasteiger partial charge in [0.2, 0.25) is 0 Å². The number of amides is 1. The van der Waals surface area contributed by atoms with E-state index in [0.717, 1.165) is 29.5 Å². The first kappa shape index (κ1) is 21.2. The molecule has 0 bridgehead atoms. The Morgan fingerprint density at radius 1 is 1.07 bits per heavy atom. The van der Waals surface area contributed by atoms with Crippen LogP contribution in [0.5, 0.6) is 0 Å². The van der Waals surface area contributed by atoms with Gasteiger partial charge in [0.15, 0.2) is 5.13 Å². The summed E-state index contributed by atoms with van der Waals surface area (Å²) in [6.45, 7) is 0.609. The summed E-state index contributed by atoms with van der Waals surface area (Å²) < 4.78 is 14.1. The van der Waals surface area contributed by atoms with Crippen LogP contribution in [0, 0.1) is 26.0 Å². The average Bonchev–Trinajstić information content (AvgIpc) is 3.09. The monoisotopic (exact) mass is 433 g/mol. The molecule has 2 aromatic carbocycles. The Morgan fingerprint density at radius 2 is 1.70 bits per heavy atom. The fourth-order valence-corrected chi connectivity index (χ4v) is 3.69. The number of rotatable bonds is 7. The van der Waals surface area contributed by atoms with Crippen molar-refractivity contribution in [3.63, 3.8) is 0 Å². The van der Waals surface area contributed by atoms with E-state index in [9.17, 15) is 29.4 Å². The molecule has 0 N–H and O–H groups in total. The predicted octanol–water partition coefficient (Wildman–Crippen LogP) is 3.46. The van der Waals surface area contributed by atoms with Crippen LogP contribution in [0.1, 0.15) is 10.4 Å². The standard InChI is InChI=1S/C18H16FN5O5S/c1-21(2)5-6-22(18-20-15-4-3-12(19)9-16(15)30-18)17(25)11-7-13(23(26)27)10-14(8-11)24(28)29/h3-4,7-10H,5-6H2,1-2H3. The van der Waals surface area contributed by atoms with Crippen LogP contribution in [0.3, 0.4) is 0 Å². The van der Waals surface area contributed by atoms with Gasteiger partial charge in [0.1, 0.15) is 5.82 Å². The fraction of sp³-hybridized carbons (Fsp3) is 0.222. The van der Waals surface area contributed by atoms with E-state index in [4.69, 9.17) is 0 Å². The van der Waals surface area contributed by atoms with Gasteiger partial charge in [-0.2, -0.15) is 0 Å². The molecule has 1 heterocycles. The van der Waals surface area contributed by atoms with E-state index >= 15 is 0 Å². The van der Waals surface area contributed by atoms with E-state index < -0.39 is 32.9 Å². The predicted molar refractivity (Wildman–Crippen MR) is 110 cm³/mol.